The van der Waals surface area contributed by atoms with E-state index in [9.17, 15) is 14.0 Å². The van der Waals surface area contributed by atoms with Gasteiger partial charge in [0, 0.05) is 9.35 Å². The summed E-state index contributed by atoms with van der Waals surface area (Å²) in [5.74, 6) is -2.07. The Bertz CT molecular complexity index is 699. The predicted octanol–water partition coefficient (Wildman–Crippen LogP) is 3.91. The average molecular weight is 358 g/mol. The molecule has 4 nitrogen and oxygen atoms in total. The molecule has 0 unspecified atom stereocenters. The second-order valence-electron chi connectivity index (χ2n) is 3.98. The van der Waals surface area contributed by atoms with Gasteiger partial charge in [0.15, 0.2) is 0 Å². The summed E-state index contributed by atoms with van der Waals surface area (Å²) in [6, 6.07) is 5.15. The fourth-order valence-electron chi connectivity index (χ4n) is 1.61. The number of rotatable bonds is 3. The van der Waals surface area contributed by atoms with Gasteiger partial charge in [-0.3, -0.25) is 4.79 Å². The molecule has 2 aromatic rings. The van der Waals surface area contributed by atoms with Crippen LogP contribution < -0.4 is 5.32 Å². The number of halogens is 2. The molecule has 7 heteroatoms. The molecule has 0 aliphatic rings. The lowest BCUT2D eigenvalue weighted by Crippen LogP contribution is -2.13. The van der Waals surface area contributed by atoms with Crippen LogP contribution in [-0.4, -0.2) is 17.0 Å². The lowest BCUT2D eigenvalue weighted by atomic mass is 10.2. The number of aromatic carboxylic acids is 1. The SMILES string of the molecule is Cc1cc(C(=O)O)c(NC(=O)c2ccc(F)cc2Br)s1. The molecule has 0 aliphatic carbocycles. The third-order valence-corrected chi connectivity index (χ3v) is 4.11. The number of carboxylic acids is 1. The lowest BCUT2D eigenvalue weighted by molar-refractivity contribution is 0.0698. The van der Waals surface area contributed by atoms with Crippen molar-refractivity contribution >= 4 is 44.1 Å². The van der Waals surface area contributed by atoms with E-state index in [1.165, 1.54) is 29.5 Å². The van der Waals surface area contributed by atoms with E-state index in [2.05, 4.69) is 21.2 Å². The molecule has 0 saturated heterocycles. The zero-order valence-corrected chi connectivity index (χ0v) is 12.6. The van der Waals surface area contributed by atoms with Crippen LogP contribution in [0, 0.1) is 12.7 Å². The van der Waals surface area contributed by atoms with Crippen molar-refractivity contribution in [1.29, 1.82) is 0 Å². The quantitative estimate of drug-likeness (QED) is 0.874. The zero-order chi connectivity index (χ0) is 14.9. The van der Waals surface area contributed by atoms with Crippen molar-refractivity contribution in [2.45, 2.75) is 6.92 Å². The normalized spacial score (nSPS) is 10.3. The summed E-state index contributed by atoms with van der Waals surface area (Å²) in [6.07, 6.45) is 0. The van der Waals surface area contributed by atoms with E-state index in [0.29, 0.717) is 4.47 Å². The van der Waals surface area contributed by atoms with Crippen molar-refractivity contribution in [1.82, 2.24) is 0 Å². The number of carboxylic acid groups (broad SMARTS) is 1. The van der Waals surface area contributed by atoms with E-state index < -0.39 is 17.7 Å². The van der Waals surface area contributed by atoms with Crippen molar-refractivity contribution in [2.75, 3.05) is 5.32 Å². The molecule has 0 radical (unpaired) electrons. The largest absolute Gasteiger partial charge is 0.478 e. The topological polar surface area (TPSA) is 66.4 Å². The standard InChI is InChI=1S/C13H9BrFNO3S/c1-6-4-9(13(18)19)12(20-6)16-11(17)8-3-2-7(15)5-10(8)14/h2-5H,1H3,(H,16,17)(H,18,19). The van der Waals surface area contributed by atoms with Crippen LogP contribution in [0.3, 0.4) is 0 Å². The summed E-state index contributed by atoms with van der Waals surface area (Å²) in [5.41, 5.74) is 0.271. The summed E-state index contributed by atoms with van der Waals surface area (Å²) in [6.45, 7) is 1.75. The highest BCUT2D eigenvalue weighted by Crippen LogP contribution is 2.29. The molecule has 0 bridgehead atoms. The van der Waals surface area contributed by atoms with Gasteiger partial charge in [-0.25, -0.2) is 9.18 Å². The Morgan fingerprint density at radius 1 is 1.30 bits per heavy atom. The van der Waals surface area contributed by atoms with E-state index in [1.807, 2.05) is 0 Å². The molecular formula is C13H9BrFNO3S. The van der Waals surface area contributed by atoms with Crippen molar-refractivity contribution in [3.8, 4) is 0 Å². The fraction of sp³-hybridized carbons (Fsp3) is 0.0769. The second-order valence-corrected chi connectivity index (χ2v) is 6.09. The van der Waals surface area contributed by atoms with E-state index in [4.69, 9.17) is 5.11 Å². The molecule has 0 fully saturated rings. The minimum absolute atomic E-state index is 0.0408. The predicted molar refractivity (Wildman–Crippen MR) is 78.1 cm³/mol. The molecule has 20 heavy (non-hydrogen) atoms. The first-order chi connectivity index (χ1) is 9.38. The van der Waals surface area contributed by atoms with Crippen LogP contribution >= 0.6 is 27.3 Å². The maximum absolute atomic E-state index is 13.0. The number of aryl methyl sites for hydroxylation is 1. The van der Waals surface area contributed by atoms with Gasteiger partial charge < -0.3 is 10.4 Å². The highest BCUT2D eigenvalue weighted by atomic mass is 79.9. The van der Waals surface area contributed by atoms with Crippen molar-refractivity contribution in [3.05, 3.63) is 50.6 Å². The maximum atomic E-state index is 13.0. The Morgan fingerprint density at radius 2 is 2.00 bits per heavy atom. The van der Waals surface area contributed by atoms with E-state index >= 15 is 0 Å². The Kier molecular flexibility index (Phi) is 4.20. The van der Waals surface area contributed by atoms with Crippen molar-refractivity contribution < 1.29 is 19.1 Å². The van der Waals surface area contributed by atoms with E-state index in [-0.39, 0.29) is 16.1 Å². The summed E-state index contributed by atoms with van der Waals surface area (Å²) in [5, 5.41) is 11.8. The molecular weight excluding hydrogens is 349 g/mol. The molecule has 0 saturated carbocycles. The van der Waals surface area contributed by atoms with Crippen LogP contribution in [0.1, 0.15) is 25.6 Å². The third kappa shape index (κ3) is 3.05. The average Bonchev–Trinajstić information content (AvgIpc) is 2.70. The van der Waals surface area contributed by atoms with Gasteiger partial charge in [-0.05, 0) is 47.1 Å². The number of nitrogens with one attached hydrogen (secondary N) is 1. The zero-order valence-electron chi connectivity index (χ0n) is 10.2. The number of amides is 1. The summed E-state index contributed by atoms with van der Waals surface area (Å²) >= 11 is 4.27. The van der Waals surface area contributed by atoms with E-state index in [1.54, 1.807) is 6.92 Å². The molecule has 1 heterocycles. The number of hydrogen-bond acceptors (Lipinski definition) is 3. The molecule has 1 aromatic heterocycles. The van der Waals surface area contributed by atoms with Gasteiger partial charge in [0.05, 0.1) is 11.1 Å². The van der Waals surface area contributed by atoms with Crippen LogP contribution in [-0.2, 0) is 0 Å². The van der Waals surface area contributed by atoms with Gasteiger partial charge >= 0.3 is 5.97 Å². The number of carbonyl (C=O) groups is 2. The highest BCUT2D eigenvalue weighted by molar-refractivity contribution is 9.10. The lowest BCUT2D eigenvalue weighted by Gasteiger charge is -2.06. The number of benzene rings is 1. The van der Waals surface area contributed by atoms with Gasteiger partial charge in [0.25, 0.3) is 5.91 Å². The van der Waals surface area contributed by atoms with Crippen LogP contribution in [0.5, 0.6) is 0 Å². The Morgan fingerprint density at radius 3 is 2.60 bits per heavy atom. The number of hydrogen-bond donors (Lipinski definition) is 2. The van der Waals surface area contributed by atoms with Gasteiger partial charge in [-0.15, -0.1) is 11.3 Å². The molecule has 0 aliphatic heterocycles. The molecule has 2 N–H and O–H groups in total. The summed E-state index contributed by atoms with van der Waals surface area (Å²) in [7, 11) is 0. The Balaban J connectivity index is 2.30. The molecule has 0 atom stereocenters. The number of anilines is 1. The molecule has 1 amide bonds. The van der Waals surface area contributed by atoms with Gasteiger partial charge in [-0.1, -0.05) is 0 Å². The first kappa shape index (κ1) is 14.7. The molecule has 0 spiro atoms. The fourth-order valence-corrected chi connectivity index (χ4v) is 3.04. The van der Waals surface area contributed by atoms with Crippen LogP contribution in [0.4, 0.5) is 9.39 Å². The maximum Gasteiger partial charge on any atom is 0.338 e. The number of thiophene rings is 1. The first-order valence-electron chi connectivity index (χ1n) is 5.48. The van der Waals surface area contributed by atoms with Crippen LogP contribution in [0.15, 0.2) is 28.7 Å². The number of carbonyl (C=O) groups excluding carboxylic acids is 1. The summed E-state index contributed by atoms with van der Waals surface area (Å²) < 4.78 is 13.3. The second kappa shape index (κ2) is 5.72. The minimum Gasteiger partial charge on any atom is -0.478 e. The van der Waals surface area contributed by atoms with Crippen molar-refractivity contribution in [2.24, 2.45) is 0 Å². The first-order valence-corrected chi connectivity index (χ1v) is 7.09. The monoisotopic (exact) mass is 357 g/mol. The smallest absolute Gasteiger partial charge is 0.338 e. The summed E-state index contributed by atoms with van der Waals surface area (Å²) in [4.78, 5) is 23.9. The van der Waals surface area contributed by atoms with Gasteiger partial charge in [0.1, 0.15) is 10.8 Å². The van der Waals surface area contributed by atoms with E-state index in [0.717, 1.165) is 10.9 Å². The van der Waals surface area contributed by atoms with Gasteiger partial charge in [0.2, 0.25) is 0 Å². The van der Waals surface area contributed by atoms with Crippen molar-refractivity contribution in [3.63, 3.8) is 0 Å². The molecule has 1 aromatic carbocycles. The third-order valence-electron chi connectivity index (χ3n) is 2.49. The molecule has 2 rings (SSSR count). The molecule has 104 valence electrons. The Hall–Kier alpha value is -1.73. The van der Waals surface area contributed by atoms with Crippen LogP contribution in [0.25, 0.3) is 0 Å². The minimum atomic E-state index is -1.11. The van der Waals surface area contributed by atoms with Gasteiger partial charge in [-0.2, -0.15) is 0 Å². The van der Waals surface area contributed by atoms with Crippen LogP contribution in [0.2, 0.25) is 0 Å². The highest BCUT2D eigenvalue weighted by Gasteiger charge is 2.18. The Labute approximate surface area is 126 Å².